The monoisotopic (exact) mass is 264 g/mol. The van der Waals surface area contributed by atoms with Gasteiger partial charge in [-0.25, -0.2) is 4.98 Å². The average Bonchev–Trinajstić information content (AvgIpc) is 2.38. The molecule has 1 heterocycles. The molecule has 0 spiro atoms. The Morgan fingerprint density at radius 2 is 2.26 bits per heavy atom. The second kappa shape index (κ2) is 5.02. The largest absolute Gasteiger partial charge is 0.395 e. The first-order valence-electron chi connectivity index (χ1n) is 5.52. The van der Waals surface area contributed by atoms with Crippen LogP contribution in [0.25, 0.3) is 10.9 Å². The van der Waals surface area contributed by atoms with Crippen molar-refractivity contribution in [1.82, 2.24) is 9.97 Å². The van der Waals surface area contributed by atoms with Crippen LogP contribution < -0.4 is 10.5 Å². The van der Waals surface area contributed by atoms with Crippen LogP contribution in [0.2, 0.25) is 0 Å². The van der Waals surface area contributed by atoms with E-state index < -0.39 is 10.5 Å². The number of nitro benzene ring substituents is 1. The fraction of sp³-hybridized carbons (Fsp3) is 0.273. The molecule has 100 valence electrons. The summed E-state index contributed by atoms with van der Waals surface area (Å²) in [6, 6.07) is 2.67. The number of aromatic amines is 1. The molecule has 0 aliphatic heterocycles. The Kier molecular flexibility index (Phi) is 3.43. The van der Waals surface area contributed by atoms with Gasteiger partial charge in [0.25, 0.3) is 11.2 Å². The summed E-state index contributed by atoms with van der Waals surface area (Å²) in [6.07, 6.45) is 1.24. The number of nitrogens with zero attached hydrogens (tertiary/aromatic N) is 3. The van der Waals surface area contributed by atoms with Crippen molar-refractivity contribution >= 4 is 22.3 Å². The molecule has 0 saturated carbocycles. The smallest absolute Gasteiger partial charge is 0.293 e. The molecule has 19 heavy (non-hydrogen) atoms. The average molecular weight is 264 g/mol. The summed E-state index contributed by atoms with van der Waals surface area (Å²) in [5, 5.41) is 20.1. The van der Waals surface area contributed by atoms with Crippen molar-refractivity contribution in [3.05, 3.63) is 38.9 Å². The summed E-state index contributed by atoms with van der Waals surface area (Å²) < 4.78 is 0. The van der Waals surface area contributed by atoms with Crippen LogP contribution in [0, 0.1) is 10.1 Å². The molecule has 0 unspecified atom stereocenters. The standard InChI is InChI=1S/C11H12N4O4/c1-14(2-3-16)9-5-8-7(4-10(9)15(18)19)11(17)13-6-12-8/h4-6,16H,2-3H2,1H3,(H,12,13,17). The topological polar surface area (TPSA) is 112 Å². The van der Waals surface area contributed by atoms with Gasteiger partial charge in [-0.15, -0.1) is 0 Å². The van der Waals surface area contributed by atoms with Crippen molar-refractivity contribution in [3.63, 3.8) is 0 Å². The van der Waals surface area contributed by atoms with E-state index in [0.717, 1.165) is 0 Å². The molecule has 2 N–H and O–H groups in total. The molecular weight excluding hydrogens is 252 g/mol. The SMILES string of the molecule is CN(CCO)c1cc2nc[nH]c(=O)c2cc1[N+](=O)[O-]. The van der Waals surface area contributed by atoms with Crippen LogP contribution in [0.1, 0.15) is 0 Å². The van der Waals surface area contributed by atoms with Gasteiger partial charge >= 0.3 is 0 Å². The Morgan fingerprint density at radius 1 is 1.53 bits per heavy atom. The lowest BCUT2D eigenvalue weighted by Gasteiger charge is -2.17. The summed E-state index contributed by atoms with van der Waals surface area (Å²) in [5.41, 5.74) is 0.0604. The first-order valence-corrected chi connectivity index (χ1v) is 5.52. The maximum Gasteiger partial charge on any atom is 0.293 e. The van der Waals surface area contributed by atoms with Crippen LogP contribution in [0.5, 0.6) is 0 Å². The van der Waals surface area contributed by atoms with E-state index in [1.165, 1.54) is 18.5 Å². The van der Waals surface area contributed by atoms with Gasteiger partial charge in [0.15, 0.2) is 0 Å². The minimum absolute atomic E-state index is 0.130. The molecule has 8 nitrogen and oxygen atoms in total. The number of nitrogens with one attached hydrogen (secondary N) is 1. The van der Waals surface area contributed by atoms with Crippen LogP contribution >= 0.6 is 0 Å². The van der Waals surface area contributed by atoms with E-state index in [-0.39, 0.29) is 24.2 Å². The van der Waals surface area contributed by atoms with Crippen LogP contribution in [0.15, 0.2) is 23.3 Å². The van der Waals surface area contributed by atoms with Crippen molar-refractivity contribution in [1.29, 1.82) is 0 Å². The number of benzene rings is 1. The molecule has 0 aliphatic carbocycles. The zero-order chi connectivity index (χ0) is 14.0. The zero-order valence-corrected chi connectivity index (χ0v) is 10.2. The number of aliphatic hydroxyl groups excluding tert-OH is 1. The van der Waals surface area contributed by atoms with Crippen molar-refractivity contribution in [3.8, 4) is 0 Å². The molecule has 1 aromatic carbocycles. The molecule has 0 radical (unpaired) electrons. The van der Waals surface area contributed by atoms with E-state index in [1.54, 1.807) is 11.9 Å². The number of hydrogen-bond donors (Lipinski definition) is 2. The van der Waals surface area contributed by atoms with Crippen molar-refractivity contribution in [2.24, 2.45) is 0 Å². The lowest BCUT2D eigenvalue weighted by Crippen LogP contribution is -2.22. The number of hydrogen-bond acceptors (Lipinski definition) is 6. The van der Waals surface area contributed by atoms with Crippen LogP contribution in [0.4, 0.5) is 11.4 Å². The molecule has 0 aliphatic rings. The quantitative estimate of drug-likeness (QED) is 0.605. The molecule has 0 saturated heterocycles. The van der Waals surface area contributed by atoms with Gasteiger partial charge in [-0.3, -0.25) is 14.9 Å². The van der Waals surface area contributed by atoms with Crippen LogP contribution in [0.3, 0.4) is 0 Å². The van der Waals surface area contributed by atoms with Gasteiger partial charge in [0.2, 0.25) is 0 Å². The van der Waals surface area contributed by atoms with Gasteiger partial charge in [0.05, 0.1) is 28.8 Å². The van der Waals surface area contributed by atoms with Gasteiger partial charge in [0.1, 0.15) is 5.69 Å². The van der Waals surface area contributed by atoms with E-state index >= 15 is 0 Å². The predicted octanol–water partition coefficient (Wildman–Crippen LogP) is 0.260. The first-order chi connectivity index (χ1) is 9.04. The third-order valence-corrected chi connectivity index (χ3v) is 2.78. The molecule has 0 fully saturated rings. The number of aliphatic hydroxyl groups is 1. The Balaban J connectivity index is 2.71. The molecule has 8 heteroatoms. The maximum atomic E-state index is 11.6. The van der Waals surface area contributed by atoms with E-state index in [9.17, 15) is 14.9 Å². The number of aromatic nitrogens is 2. The summed E-state index contributed by atoms with van der Waals surface area (Å²) >= 11 is 0. The number of fused-ring (bicyclic) bond motifs is 1. The Morgan fingerprint density at radius 3 is 2.89 bits per heavy atom. The second-order valence-electron chi connectivity index (χ2n) is 3.99. The highest BCUT2D eigenvalue weighted by molar-refractivity contribution is 5.86. The molecular formula is C11H12N4O4. The fourth-order valence-electron chi connectivity index (χ4n) is 1.82. The van der Waals surface area contributed by atoms with E-state index in [0.29, 0.717) is 11.2 Å². The summed E-state index contributed by atoms with van der Waals surface area (Å²) in [4.78, 5) is 30.0. The molecule has 2 rings (SSSR count). The van der Waals surface area contributed by atoms with Gasteiger partial charge < -0.3 is 15.0 Å². The lowest BCUT2D eigenvalue weighted by atomic mass is 10.1. The Bertz CT molecular complexity index is 682. The number of anilines is 1. The number of nitro groups is 1. The van der Waals surface area contributed by atoms with Crippen molar-refractivity contribution in [2.45, 2.75) is 0 Å². The van der Waals surface area contributed by atoms with Crippen molar-refractivity contribution < 1.29 is 10.0 Å². The number of H-pyrrole nitrogens is 1. The minimum Gasteiger partial charge on any atom is -0.395 e. The minimum atomic E-state index is -0.560. The van der Waals surface area contributed by atoms with Gasteiger partial charge in [-0.05, 0) is 6.07 Å². The van der Waals surface area contributed by atoms with Crippen LogP contribution in [-0.4, -0.2) is 40.2 Å². The third kappa shape index (κ3) is 2.38. The molecule has 0 amide bonds. The predicted molar refractivity (Wildman–Crippen MR) is 69.4 cm³/mol. The van der Waals surface area contributed by atoms with Gasteiger partial charge in [0, 0.05) is 19.7 Å². The van der Waals surface area contributed by atoms with Gasteiger partial charge in [-0.1, -0.05) is 0 Å². The first kappa shape index (κ1) is 13.0. The summed E-state index contributed by atoms with van der Waals surface area (Å²) in [6.45, 7) is 0.115. The summed E-state index contributed by atoms with van der Waals surface area (Å²) in [5.74, 6) is 0. The van der Waals surface area contributed by atoms with E-state index in [2.05, 4.69) is 9.97 Å². The maximum absolute atomic E-state index is 11.6. The number of likely N-dealkylation sites (N-methyl/N-ethyl adjacent to an activating group) is 1. The highest BCUT2D eigenvalue weighted by Crippen LogP contribution is 2.30. The van der Waals surface area contributed by atoms with E-state index in [1.807, 2.05) is 0 Å². The van der Waals surface area contributed by atoms with Crippen molar-refractivity contribution in [2.75, 3.05) is 25.1 Å². The molecule has 0 atom stereocenters. The highest BCUT2D eigenvalue weighted by Gasteiger charge is 2.19. The fourth-order valence-corrected chi connectivity index (χ4v) is 1.82. The van der Waals surface area contributed by atoms with Gasteiger partial charge in [-0.2, -0.15) is 0 Å². The zero-order valence-electron chi connectivity index (χ0n) is 10.2. The Hall–Kier alpha value is -2.48. The third-order valence-electron chi connectivity index (χ3n) is 2.78. The molecule has 1 aromatic heterocycles. The number of rotatable bonds is 4. The highest BCUT2D eigenvalue weighted by atomic mass is 16.6. The molecule has 2 aromatic rings. The normalized spacial score (nSPS) is 10.6. The molecule has 0 bridgehead atoms. The summed E-state index contributed by atoms with van der Waals surface area (Å²) in [7, 11) is 1.62. The van der Waals surface area contributed by atoms with Crippen LogP contribution in [-0.2, 0) is 0 Å². The lowest BCUT2D eigenvalue weighted by molar-refractivity contribution is -0.384. The van der Waals surface area contributed by atoms with E-state index in [4.69, 9.17) is 5.11 Å². The second-order valence-corrected chi connectivity index (χ2v) is 3.99. The Labute approximate surface area is 107 Å².